The third-order valence-corrected chi connectivity index (χ3v) is 5.76. The Bertz CT molecular complexity index is 687. The summed E-state index contributed by atoms with van der Waals surface area (Å²) in [6.45, 7) is 0.956. The van der Waals surface area contributed by atoms with Gasteiger partial charge < -0.3 is 4.74 Å². The highest BCUT2D eigenvalue weighted by atomic mass is 32.2. The Morgan fingerprint density at radius 3 is 2.68 bits per heavy atom. The number of halogens is 1. The zero-order valence-electron chi connectivity index (χ0n) is 12.2. The molecule has 0 spiro atoms. The second kappa shape index (κ2) is 7.82. The fourth-order valence-electron chi connectivity index (χ4n) is 2.05. The first-order valence-electron chi connectivity index (χ1n) is 6.80. The van der Waals surface area contributed by atoms with Crippen molar-refractivity contribution in [3.05, 3.63) is 52.5 Å². The van der Waals surface area contributed by atoms with Crippen LogP contribution < -0.4 is 0 Å². The lowest BCUT2D eigenvalue weighted by molar-refractivity contribution is 0.186. The number of benzene rings is 1. The lowest BCUT2D eigenvalue weighted by atomic mass is 10.3. The first-order valence-corrected chi connectivity index (χ1v) is 9.18. The van der Waals surface area contributed by atoms with Gasteiger partial charge in [0.05, 0.1) is 0 Å². The smallest absolute Gasteiger partial charge is 0.246 e. The first-order chi connectivity index (χ1) is 10.6. The molecule has 1 heterocycles. The van der Waals surface area contributed by atoms with Crippen LogP contribution in [0.3, 0.4) is 0 Å². The van der Waals surface area contributed by atoms with E-state index in [0.717, 1.165) is 11.6 Å². The van der Waals surface area contributed by atoms with E-state index in [0.29, 0.717) is 13.0 Å². The van der Waals surface area contributed by atoms with Crippen LogP contribution in [0.5, 0.6) is 0 Å². The van der Waals surface area contributed by atoms with Gasteiger partial charge in [-0.2, -0.15) is 15.6 Å². The molecular formula is C15H18FNO3S2. The molecule has 22 heavy (non-hydrogen) atoms. The summed E-state index contributed by atoms with van der Waals surface area (Å²) in [5.41, 5.74) is 0.891. The Morgan fingerprint density at radius 2 is 2.05 bits per heavy atom. The summed E-state index contributed by atoms with van der Waals surface area (Å²) in [5, 5.41) is 3.78. The molecule has 2 aromatic rings. The van der Waals surface area contributed by atoms with Crippen molar-refractivity contribution in [3.8, 4) is 0 Å². The summed E-state index contributed by atoms with van der Waals surface area (Å²) in [7, 11) is -2.32. The third kappa shape index (κ3) is 4.13. The molecule has 120 valence electrons. The summed E-state index contributed by atoms with van der Waals surface area (Å²) in [5.74, 6) is -0.732. The highest BCUT2D eigenvalue weighted by molar-refractivity contribution is 7.89. The van der Waals surface area contributed by atoms with Crippen molar-refractivity contribution in [3.63, 3.8) is 0 Å². The van der Waals surface area contributed by atoms with Gasteiger partial charge in [0.2, 0.25) is 10.0 Å². The topological polar surface area (TPSA) is 46.6 Å². The van der Waals surface area contributed by atoms with Gasteiger partial charge in [-0.05, 0) is 40.9 Å². The Kier molecular flexibility index (Phi) is 6.07. The minimum Gasteiger partial charge on any atom is -0.385 e. The predicted octanol–water partition coefficient (Wildman–Crippen LogP) is 3.11. The molecule has 0 fully saturated rings. The molecule has 1 aromatic heterocycles. The lowest BCUT2D eigenvalue weighted by Crippen LogP contribution is -2.32. The largest absolute Gasteiger partial charge is 0.385 e. The third-order valence-electron chi connectivity index (χ3n) is 3.15. The fourth-order valence-corrected chi connectivity index (χ4v) is 4.24. The zero-order valence-corrected chi connectivity index (χ0v) is 13.9. The van der Waals surface area contributed by atoms with Crippen LogP contribution in [0.4, 0.5) is 4.39 Å². The van der Waals surface area contributed by atoms with Crippen LogP contribution in [0.1, 0.15) is 12.0 Å². The van der Waals surface area contributed by atoms with Crippen LogP contribution in [-0.2, 0) is 21.3 Å². The molecule has 1 aromatic carbocycles. The number of thiophene rings is 1. The van der Waals surface area contributed by atoms with Crippen molar-refractivity contribution in [2.75, 3.05) is 20.3 Å². The Labute approximate surface area is 134 Å². The van der Waals surface area contributed by atoms with Crippen LogP contribution in [0.25, 0.3) is 0 Å². The molecule has 0 saturated carbocycles. The van der Waals surface area contributed by atoms with Gasteiger partial charge in [0.1, 0.15) is 10.7 Å². The number of methoxy groups -OCH3 is 1. The maximum absolute atomic E-state index is 13.9. The first kappa shape index (κ1) is 17.1. The van der Waals surface area contributed by atoms with E-state index in [4.69, 9.17) is 4.74 Å². The standard InChI is InChI=1S/C15H18FNO3S2/c1-20-9-4-8-17(11-13-7-10-21-12-13)22(18,19)15-6-3-2-5-14(15)16/h2-3,5-7,10,12H,4,8-9,11H2,1H3. The molecule has 0 N–H and O–H groups in total. The lowest BCUT2D eigenvalue weighted by Gasteiger charge is -2.22. The Hall–Kier alpha value is -1.28. The maximum Gasteiger partial charge on any atom is 0.246 e. The molecule has 7 heteroatoms. The van der Waals surface area contributed by atoms with E-state index in [1.54, 1.807) is 7.11 Å². The zero-order chi connectivity index (χ0) is 16.0. The molecule has 0 unspecified atom stereocenters. The van der Waals surface area contributed by atoms with Gasteiger partial charge in [0.15, 0.2) is 0 Å². The van der Waals surface area contributed by atoms with Gasteiger partial charge in [-0.3, -0.25) is 0 Å². The molecule has 0 atom stereocenters. The second-order valence-electron chi connectivity index (χ2n) is 4.75. The maximum atomic E-state index is 13.9. The van der Waals surface area contributed by atoms with E-state index < -0.39 is 15.8 Å². The van der Waals surface area contributed by atoms with Gasteiger partial charge in [-0.25, -0.2) is 12.8 Å². The summed E-state index contributed by atoms with van der Waals surface area (Å²) < 4.78 is 45.6. The Morgan fingerprint density at radius 1 is 1.27 bits per heavy atom. The van der Waals surface area contributed by atoms with Crippen molar-refractivity contribution in [1.82, 2.24) is 4.31 Å². The number of nitrogens with zero attached hydrogens (tertiary/aromatic N) is 1. The number of sulfonamides is 1. The molecule has 4 nitrogen and oxygen atoms in total. The monoisotopic (exact) mass is 343 g/mol. The van der Waals surface area contributed by atoms with Gasteiger partial charge in [0, 0.05) is 26.8 Å². The Balaban J connectivity index is 2.28. The van der Waals surface area contributed by atoms with Crippen LogP contribution in [0, 0.1) is 5.82 Å². The van der Waals surface area contributed by atoms with Crippen LogP contribution >= 0.6 is 11.3 Å². The summed E-state index contributed by atoms with van der Waals surface area (Å²) in [6, 6.07) is 7.31. The molecular weight excluding hydrogens is 325 g/mol. The van der Waals surface area contributed by atoms with E-state index in [-0.39, 0.29) is 18.0 Å². The van der Waals surface area contributed by atoms with Gasteiger partial charge in [-0.15, -0.1) is 0 Å². The quantitative estimate of drug-likeness (QED) is 0.692. The molecule has 0 amide bonds. The number of rotatable bonds is 8. The summed E-state index contributed by atoms with van der Waals surface area (Å²) in [6.07, 6.45) is 0.550. The number of hydrogen-bond acceptors (Lipinski definition) is 4. The predicted molar refractivity (Wildman–Crippen MR) is 84.8 cm³/mol. The van der Waals surface area contributed by atoms with Crippen molar-refractivity contribution in [2.45, 2.75) is 17.9 Å². The van der Waals surface area contributed by atoms with Gasteiger partial charge in [-0.1, -0.05) is 12.1 Å². The summed E-state index contributed by atoms with van der Waals surface area (Å²) in [4.78, 5) is -0.289. The minimum absolute atomic E-state index is 0.226. The summed E-state index contributed by atoms with van der Waals surface area (Å²) >= 11 is 1.50. The van der Waals surface area contributed by atoms with Crippen LogP contribution in [0.2, 0.25) is 0 Å². The molecule has 0 aliphatic rings. The minimum atomic E-state index is -3.88. The molecule has 0 aliphatic carbocycles. The van der Waals surface area contributed by atoms with E-state index in [2.05, 4.69) is 0 Å². The average Bonchev–Trinajstić information content (AvgIpc) is 2.99. The van der Waals surface area contributed by atoms with Crippen molar-refractivity contribution in [2.24, 2.45) is 0 Å². The van der Waals surface area contributed by atoms with Crippen molar-refractivity contribution < 1.29 is 17.5 Å². The van der Waals surface area contributed by atoms with E-state index >= 15 is 0 Å². The molecule has 0 radical (unpaired) electrons. The molecule has 0 bridgehead atoms. The molecule has 0 aliphatic heterocycles. The van der Waals surface area contributed by atoms with Gasteiger partial charge >= 0.3 is 0 Å². The molecule has 2 rings (SSSR count). The van der Waals surface area contributed by atoms with E-state index in [1.165, 1.54) is 33.8 Å². The number of hydrogen-bond donors (Lipinski definition) is 0. The highest BCUT2D eigenvalue weighted by Gasteiger charge is 2.27. The highest BCUT2D eigenvalue weighted by Crippen LogP contribution is 2.22. The van der Waals surface area contributed by atoms with Crippen LogP contribution in [-0.4, -0.2) is 33.0 Å². The number of ether oxygens (including phenoxy) is 1. The average molecular weight is 343 g/mol. The van der Waals surface area contributed by atoms with E-state index in [9.17, 15) is 12.8 Å². The SMILES string of the molecule is COCCCN(Cc1ccsc1)S(=O)(=O)c1ccccc1F. The normalized spacial score (nSPS) is 12.0. The molecule has 0 saturated heterocycles. The van der Waals surface area contributed by atoms with Crippen molar-refractivity contribution in [1.29, 1.82) is 0 Å². The second-order valence-corrected chi connectivity index (χ2v) is 7.43. The van der Waals surface area contributed by atoms with E-state index in [1.807, 2.05) is 16.8 Å². The fraction of sp³-hybridized carbons (Fsp3) is 0.333. The van der Waals surface area contributed by atoms with Gasteiger partial charge in [0.25, 0.3) is 0 Å². The van der Waals surface area contributed by atoms with Crippen LogP contribution in [0.15, 0.2) is 46.0 Å². The van der Waals surface area contributed by atoms with Crippen molar-refractivity contribution >= 4 is 21.4 Å².